The number of carbonyl (C=O) groups is 3. The zero-order valence-electron chi connectivity index (χ0n) is 16.9. The van der Waals surface area contributed by atoms with E-state index in [0.717, 1.165) is 12.8 Å². The molecule has 1 N–H and O–H groups in total. The molecule has 0 fully saturated rings. The van der Waals surface area contributed by atoms with Crippen molar-refractivity contribution < 1.29 is 23.9 Å². The van der Waals surface area contributed by atoms with E-state index in [1.165, 1.54) is 0 Å². The first kappa shape index (κ1) is 23.4. The molecule has 6 nitrogen and oxygen atoms in total. The summed E-state index contributed by atoms with van der Waals surface area (Å²) in [4.78, 5) is 37.7. The molecule has 0 spiro atoms. The lowest BCUT2D eigenvalue weighted by Gasteiger charge is -2.33. The van der Waals surface area contributed by atoms with Crippen LogP contribution in [0.15, 0.2) is 0 Å². The Bertz CT molecular complexity index is 429. The normalized spacial score (nSPS) is 12.0. The maximum atomic E-state index is 12.7. The number of ether oxygens (including phenoxy) is 2. The van der Waals surface area contributed by atoms with Crippen molar-refractivity contribution in [1.82, 2.24) is 5.32 Å². The van der Waals surface area contributed by atoms with Crippen molar-refractivity contribution >= 4 is 17.8 Å². The van der Waals surface area contributed by atoms with E-state index in [1.54, 1.807) is 13.8 Å². The molecule has 1 amide bonds. The van der Waals surface area contributed by atoms with Gasteiger partial charge in [0, 0.05) is 5.54 Å². The highest BCUT2D eigenvalue weighted by atomic mass is 16.6. The molecule has 0 saturated carbocycles. The number of nitrogens with one attached hydrogen (secondary N) is 1. The Morgan fingerprint density at radius 1 is 0.840 bits per heavy atom. The van der Waals surface area contributed by atoms with Gasteiger partial charge >= 0.3 is 11.9 Å². The van der Waals surface area contributed by atoms with Gasteiger partial charge in [-0.15, -0.1) is 0 Å². The van der Waals surface area contributed by atoms with Gasteiger partial charge in [0.15, 0.2) is 5.92 Å². The van der Waals surface area contributed by atoms with Gasteiger partial charge in [-0.2, -0.15) is 0 Å². The Balaban J connectivity index is 5.34. The Kier molecular flexibility index (Phi) is 9.75. The maximum Gasteiger partial charge on any atom is 0.321 e. The fourth-order valence-electron chi connectivity index (χ4n) is 2.12. The molecule has 0 saturated heterocycles. The molecule has 0 aliphatic rings. The predicted molar refractivity (Wildman–Crippen MR) is 96.9 cm³/mol. The number of unbranched alkanes of at least 4 members (excludes halogenated alkanes) is 2. The fourth-order valence-corrected chi connectivity index (χ4v) is 2.12. The Labute approximate surface area is 152 Å². The molecule has 0 aromatic carbocycles. The molecule has 0 unspecified atom stereocenters. The number of hydrogen-bond acceptors (Lipinski definition) is 5. The van der Waals surface area contributed by atoms with Crippen LogP contribution in [0.25, 0.3) is 0 Å². The molecule has 25 heavy (non-hydrogen) atoms. The lowest BCUT2D eigenvalue weighted by molar-refractivity contribution is -0.171. The standard InChI is InChI=1S/C19H35NO5/c1-8-10-12-24-15(21)14(16(22)25-13-11-9-2)19(6,7)17(23)20-18(3,4)5/h14H,8-13H2,1-7H3,(H,20,23). The van der Waals surface area contributed by atoms with E-state index in [1.807, 2.05) is 34.6 Å². The third-order valence-corrected chi connectivity index (χ3v) is 3.75. The average molecular weight is 357 g/mol. The summed E-state index contributed by atoms with van der Waals surface area (Å²) in [6, 6.07) is 0. The Morgan fingerprint density at radius 2 is 1.24 bits per heavy atom. The molecule has 0 atom stereocenters. The molecule has 0 aromatic rings. The minimum Gasteiger partial charge on any atom is -0.465 e. The van der Waals surface area contributed by atoms with Gasteiger partial charge in [-0.25, -0.2) is 0 Å². The minimum atomic E-state index is -1.29. The summed E-state index contributed by atoms with van der Waals surface area (Å²) in [6.45, 7) is 13.1. The average Bonchev–Trinajstić information content (AvgIpc) is 2.46. The van der Waals surface area contributed by atoms with Gasteiger partial charge in [0.1, 0.15) is 0 Å². The monoisotopic (exact) mass is 357 g/mol. The van der Waals surface area contributed by atoms with Gasteiger partial charge in [0.25, 0.3) is 0 Å². The molecular weight excluding hydrogens is 322 g/mol. The van der Waals surface area contributed by atoms with Gasteiger partial charge in [0.2, 0.25) is 5.91 Å². The molecule has 0 bridgehead atoms. The SMILES string of the molecule is CCCCOC(=O)C(C(=O)OCCCC)C(C)(C)C(=O)NC(C)(C)C. The molecular formula is C19H35NO5. The van der Waals surface area contributed by atoms with Crippen LogP contribution in [0.2, 0.25) is 0 Å². The van der Waals surface area contributed by atoms with Crippen molar-refractivity contribution in [1.29, 1.82) is 0 Å². The maximum absolute atomic E-state index is 12.7. The number of hydrogen-bond donors (Lipinski definition) is 1. The van der Waals surface area contributed by atoms with E-state index in [2.05, 4.69) is 5.32 Å². The van der Waals surface area contributed by atoms with Crippen LogP contribution < -0.4 is 5.32 Å². The molecule has 0 heterocycles. The largest absolute Gasteiger partial charge is 0.465 e. The Morgan fingerprint density at radius 3 is 1.56 bits per heavy atom. The summed E-state index contributed by atoms with van der Waals surface area (Å²) < 4.78 is 10.4. The quantitative estimate of drug-likeness (QED) is 0.369. The van der Waals surface area contributed by atoms with Gasteiger partial charge in [0.05, 0.1) is 18.6 Å². The molecule has 0 radical (unpaired) electrons. The van der Waals surface area contributed by atoms with E-state index in [9.17, 15) is 14.4 Å². The zero-order valence-corrected chi connectivity index (χ0v) is 16.9. The second-order valence-corrected chi connectivity index (χ2v) is 7.90. The van der Waals surface area contributed by atoms with E-state index < -0.39 is 28.8 Å². The van der Waals surface area contributed by atoms with Gasteiger partial charge in [-0.1, -0.05) is 26.7 Å². The van der Waals surface area contributed by atoms with Crippen LogP contribution in [0.1, 0.15) is 74.1 Å². The van der Waals surface area contributed by atoms with Crippen LogP contribution in [0, 0.1) is 11.3 Å². The number of amides is 1. The summed E-state index contributed by atoms with van der Waals surface area (Å²) in [6.07, 6.45) is 3.15. The lowest BCUT2D eigenvalue weighted by Crippen LogP contribution is -2.53. The van der Waals surface area contributed by atoms with Crippen molar-refractivity contribution in [2.75, 3.05) is 13.2 Å². The predicted octanol–water partition coefficient (Wildman–Crippen LogP) is 3.23. The highest BCUT2D eigenvalue weighted by molar-refractivity contribution is 6.01. The molecule has 0 rings (SSSR count). The van der Waals surface area contributed by atoms with Crippen LogP contribution >= 0.6 is 0 Å². The van der Waals surface area contributed by atoms with Crippen molar-refractivity contribution in [2.24, 2.45) is 11.3 Å². The number of rotatable bonds is 10. The van der Waals surface area contributed by atoms with Crippen LogP contribution in [-0.2, 0) is 23.9 Å². The molecule has 146 valence electrons. The molecule has 0 aromatic heterocycles. The summed E-state index contributed by atoms with van der Waals surface area (Å²) in [5.74, 6) is -3.08. The summed E-state index contributed by atoms with van der Waals surface area (Å²) in [5.41, 5.74) is -1.75. The van der Waals surface area contributed by atoms with Crippen molar-refractivity contribution in [3.05, 3.63) is 0 Å². The smallest absolute Gasteiger partial charge is 0.321 e. The molecule has 0 aliphatic carbocycles. The van der Waals surface area contributed by atoms with Crippen LogP contribution in [0.3, 0.4) is 0 Å². The highest BCUT2D eigenvalue weighted by Crippen LogP contribution is 2.30. The van der Waals surface area contributed by atoms with Crippen molar-refractivity contribution in [3.63, 3.8) is 0 Å². The third-order valence-electron chi connectivity index (χ3n) is 3.75. The van der Waals surface area contributed by atoms with Crippen LogP contribution in [0.4, 0.5) is 0 Å². The second-order valence-electron chi connectivity index (χ2n) is 7.90. The van der Waals surface area contributed by atoms with Gasteiger partial charge in [-0.3, -0.25) is 14.4 Å². The first-order valence-corrected chi connectivity index (χ1v) is 9.13. The second kappa shape index (κ2) is 10.4. The highest BCUT2D eigenvalue weighted by Gasteiger charge is 2.48. The minimum absolute atomic E-state index is 0.227. The molecule has 6 heteroatoms. The van der Waals surface area contributed by atoms with E-state index >= 15 is 0 Å². The van der Waals surface area contributed by atoms with Crippen molar-refractivity contribution in [3.8, 4) is 0 Å². The van der Waals surface area contributed by atoms with E-state index in [0.29, 0.717) is 12.8 Å². The summed E-state index contributed by atoms with van der Waals surface area (Å²) in [5, 5.41) is 2.83. The third kappa shape index (κ3) is 8.36. The fraction of sp³-hybridized carbons (Fsp3) is 0.842. The van der Waals surface area contributed by atoms with Crippen LogP contribution in [0.5, 0.6) is 0 Å². The van der Waals surface area contributed by atoms with E-state index in [4.69, 9.17) is 9.47 Å². The number of carbonyl (C=O) groups excluding carboxylic acids is 3. The Hall–Kier alpha value is -1.59. The number of esters is 2. The summed E-state index contributed by atoms with van der Waals surface area (Å²) in [7, 11) is 0. The topological polar surface area (TPSA) is 81.7 Å². The van der Waals surface area contributed by atoms with E-state index in [-0.39, 0.29) is 19.1 Å². The zero-order chi connectivity index (χ0) is 19.7. The van der Waals surface area contributed by atoms with Gasteiger partial charge < -0.3 is 14.8 Å². The van der Waals surface area contributed by atoms with Crippen LogP contribution in [-0.4, -0.2) is 36.6 Å². The van der Waals surface area contributed by atoms with Crippen molar-refractivity contribution in [2.45, 2.75) is 79.7 Å². The first-order valence-electron chi connectivity index (χ1n) is 9.13. The summed E-state index contributed by atoms with van der Waals surface area (Å²) >= 11 is 0. The molecule has 0 aliphatic heterocycles. The lowest BCUT2D eigenvalue weighted by atomic mass is 9.77. The van der Waals surface area contributed by atoms with Gasteiger partial charge in [-0.05, 0) is 47.5 Å². The first-order chi connectivity index (χ1) is 11.5.